The Kier molecular flexibility index (Phi) is 8.36. The molecular formula is C21H27N3O2S. The lowest BCUT2D eigenvalue weighted by atomic mass is 10.1. The molecule has 0 saturated heterocycles. The summed E-state index contributed by atoms with van der Waals surface area (Å²) in [4.78, 5) is 25.4. The number of benzene rings is 2. The Morgan fingerprint density at radius 2 is 1.85 bits per heavy atom. The predicted octanol–water partition coefficient (Wildman–Crippen LogP) is 3.67. The lowest BCUT2D eigenvalue weighted by molar-refractivity contribution is -0.119. The lowest BCUT2D eigenvalue weighted by Crippen LogP contribution is -2.31. The highest BCUT2D eigenvalue weighted by molar-refractivity contribution is 8.00. The fourth-order valence-electron chi connectivity index (χ4n) is 2.51. The zero-order chi connectivity index (χ0) is 19.6. The van der Waals surface area contributed by atoms with Gasteiger partial charge in [0, 0.05) is 23.2 Å². The first kappa shape index (κ1) is 21.0. The number of carbonyl (C=O) groups is 2. The van der Waals surface area contributed by atoms with Crippen molar-refractivity contribution in [2.24, 2.45) is 0 Å². The zero-order valence-electron chi connectivity index (χ0n) is 16.0. The first-order valence-electron chi connectivity index (χ1n) is 9.11. The summed E-state index contributed by atoms with van der Waals surface area (Å²) in [5, 5.41) is 9.09. The van der Waals surface area contributed by atoms with Gasteiger partial charge in [-0.15, -0.1) is 11.8 Å². The molecule has 0 aliphatic heterocycles. The smallest absolute Gasteiger partial charge is 0.256 e. The molecule has 6 heteroatoms. The summed E-state index contributed by atoms with van der Waals surface area (Å²) >= 11 is 1.37. The normalized spacial score (nSPS) is 10.7. The van der Waals surface area contributed by atoms with Crippen molar-refractivity contribution in [3.63, 3.8) is 0 Å². The summed E-state index contributed by atoms with van der Waals surface area (Å²) in [6, 6.07) is 15.2. The van der Waals surface area contributed by atoms with Crippen LogP contribution in [0.2, 0.25) is 0 Å². The molecule has 0 aliphatic rings. The maximum atomic E-state index is 12.7. The highest BCUT2D eigenvalue weighted by atomic mass is 32.2. The number of hydrogen-bond donors (Lipinski definition) is 3. The number of nitrogens with one attached hydrogen (secondary N) is 3. The van der Waals surface area contributed by atoms with Crippen molar-refractivity contribution in [2.45, 2.75) is 38.3 Å². The van der Waals surface area contributed by atoms with E-state index in [-0.39, 0.29) is 23.6 Å². The fraction of sp³-hybridized carbons (Fsp3) is 0.333. The van der Waals surface area contributed by atoms with E-state index in [4.69, 9.17) is 0 Å². The van der Waals surface area contributed by atoms with Crippen LogP contribution in [0.25, 0.3) is 0 Å². The second-order valence-corrected chi connectivity index (χ2v) is 7.46. The van der Waals surface area contributed by atoms with Crippen molar-refractivity contribution in [2.75, 3.05) is 17.6 Å². The van der Waals surface area contributed by atoms with E-state index >= 15 is 0 Å². The van der Waals surface area contributed by atoms with Crippen molar-refractivity contribution >= 4 is 29.3 Å². The number of thioether (sulfide) groups is 1. The molecular weight excluding hydrogens is 358 g/mol. The van der Waals surface area contributed by atoms with E-state index in [0.29, 0.717) is 5.56 Å². The Morgan fingerprint density at radius 3 is 2.59 bits per heavy atom. The van der Waals surface area contributed by atoms with E-state index in [1.54, 1.807) is 6.07 Å². The summed E-state index contributed by atoms with van der Waals surface area (Å²) in [7, 11) is 0. The van der Waals surface area contributed by atoms with E-state index in [1.807, 2.05) is 56.3 Å². The molecule has 0 spiro atoms. The van der Waals surface area contributed by atoms with Crippen LogP contribution < -0.4 is 16.0 Å². The SMILES string of the molecule is CCNCc1cccc(NC(=O)c2ccccc2SCC(=O)NC(C)C)c1. The lowest BCUT2D eigenvalue weighted by Gasteiger charge is -2.12. The maximum Gasteiger partial charge on any atom is 0.256 e. The van der Waals surface area contributed by atoms with Gasteiger partial charge < -0.3 is 16.0 Å². The number of amides is 2. The molecule has 0 aromatic heterocycles. The van der Waals surface area contributed by atoms with E-state index in [1.165, 1.54) is 11.8 Å². The van der Waals surface area contributed by atoms with Crippen LogP contribution in [0.4, 0.5) is 5.69 Å². The quantitative estimate of drug-likeness (QED) is 0.576. The largest absolute Gasteiger partial charge is 0.353 e. The number of anilines is 1. The Hall–Kier alpha value is -2.31. The molecule has 5 nitrogen and oxygen atoms in total. The molecule has 0 saturated carbocycles. The van der Waals surface area contributed by atoms with Crippen molar-refractivity contribution in [1.82, 2.24) is 10.6 Å². The molecule has 2 aromatic carbocycles. The molecule has 0 heterocycles. The second-order valence-electron chi connectivity index (χ2n) is 6.44. The summed E-state index contributed by atoms with van der Waals surface area (Å²) < 4.78 is 0. The Balaban J connectivity index is 2.05. The average molecular weight is 386 g/mol. The Morgan fingerprint density at radius 1 is 1.07 bits per heavy atom. The standard InChI is InChI=1S/C21H27N3O2S/c1-4-22-13-16-8-7-9-17(12-16)24-21(26)18-10-5-6-11-19(18)27-14-20(25)23-15(2)3/h5-12,15,22H,4,13-14H2,1-3H3,(H,23,25)(H,24,26). The highest BCUT2D eigenvalue weighted by Gasteiger charge is 2.13. The number of hydrogen-bond acceptors (Lipinski definition) is 4. The first-order valence-corrected chi connectivity index (χ1v) is 10.1. The van der Waals surface area contributed by atoms with E-state index < -0.39 is 0 Å². The third kappa shape index (κ3) is 7.07. The van der Waals surface area contributed by atoms with Crippen LogP contribution in [-0.4, -0.2) is 30.2 Å². The van der Waals surface area contributed by atoms with Gasteiger partial charge in [-0.05, 0) is 50.2 Å². The monoisotopic (exact) mass is 385 g/mol. The Labute approximate surface area is 165 Å². The molecule has 2 amide bonds. The molecule has 0 fully saturated rings. The summed E-state index contributed by atoms with van der Waals surface area (Å²) in [6.45, 7) is 7.56. The van der Waals surface area contributed by atoms with Gasteiger partial charge in [0.25, 0.3) is 5.91 Å². The molecule has 144 valence electrons. The minimum atomic E-state index is -0.178. The summed E-state index contributed by atoms with van der Waals surface area (Å²) in [6.07, 6.45) is 0. The van der Waals surface area contributed by atoms with Gasteiger partial charge >= 0.3 is 0 Å². The highest BCUT2D eigenvalue weighted by Crippen LogP contribution is 2.23. The van der Waals surface area contributed by atoms with E-state index in [2.05, 4.69) is 22.9 Å². The molecule has 0 radical (unpaired) electrons. The zero-order valence-corrected chi connectivity index (χ0v) is 16.9. The van der Waals surface area contributed by atoms with Gasteiger partial charge in [0.05, 0.1) is 11.3 Å². The minimum absolute atomic E-state index is 0.0404. The Bertz CT molecular complexity index is 778. The van der Waals surface area contributed by atoms with Gasteiger partial charge in [0.2, 0.25) is 5.91 Å². The van der Waals surface area contributed by atoms with Crippen molar-refractivity contribution in [3.05, 3.63) is 59.7 Å². The first-order chi connectivity index (χ1) is 13.0. The van der Waals surface area contributed by atoms with Crippen molar-refractivity contribution in [1.29, 1.82) is 0 Å². The maximum absolute atomic E-state index is 12.7. The molecule has 0 atom stereocenters. The third-order valence-electron chi connectivity index (χ3n) is 3.70. The summed E-state index contributed by atoms with van der Waals surface area (Å²) in [5.41, 5.74) is 2.44. The van der Waals surface area contributed by atoms with Crippen LogP contribution in [0, 0.1) is 0 Å². The molecule has 0 unspecified atom stereocenters. The topological polar surface area (TPSA) is 70.2 Å². The predicted molar refractivity (Wildman–Crippen MR) is 112 cm³/mol. The van der Waals surface area contributed by atoms with Gasteiger partial charge in [-0.1, -0.05) is 31.2 Å². The number of carbonyl (C=O) groups excluding carboxylic acids is 2. The van der Waals surface area contributed by atoms with E-state index in [0.717, 1.165) is 29.2 Å². The number of rotatable bonds is 9. The fourth-order valence-corrected chi connectivity index (χ4v) is 3.37. The van der Waals surface area contributed by atoms with Gasteiger partial charge in [-0.3, -0.25) is 9.59 Å². The minimum Gasteiger partial charge on any atom is -0.353 e. The second kappa shape index (κ2) is 10.7. The summed E-state index contributed by atoms with van der Waals surface area (Å²) in [5.74, 6) is 0.0602. The van der Waals surface area contributed by atoms with Crippen LogP contribution in [0.3, 0.4) is 0 Å². The van der Waals surface area contributed by atoms with Crippen molar-refractivity contribution in [3.8, 4) is 0 Å². The molecule has 0 bridgehead atoms. The molecule has 3 N–H and O–H groups in total. The van der Waals surface area contributed by atoms with Gasteiger partial charge in [0.15, 0.2) is 0 Å². The van der Waals surface area contributed by atoms with Crippen molar-refractivity contribution < 1.29 is 9.59 Å². The van der Waals surface area contributed by atoms with Gasteiger partial charge in [-0.25, -0.2) is 0 Å². The van der Waals surface area contributed by atoms with Crippen LogP contribution >= 0.6 is 11.8 Å². The van der Waals surface area contributed by atoms with Crippen LogP contribution in [0.5, 0.6) is 0 Å². The van der Waals surface area contributed by atoms with Crippen LogP contribution in [-0.2, 0) is 11.3 Å². The molecule has 27 heavy (non-hydrogen) atoms. The van der Waals surface area contributed by atoms with Crippen LogP contribution in [0.15, 0.2) is 53.4 Å². The van der Waals surface area contributed by atoms with Gasteiger partial charge in [-0.2, -0.15) is 0 Å². The van der Waals surface area contributed by atoms with Gasteiger partial charge in [0.1, 0.15) is 0 Å². The average Bonchev–Trinajstić information content (AvgIpc) is 2.64. The molecule has 0 aliphatic carbocycles. The molecule has 2 rings (SSSR count). The molecule has 2 aromatic rings. The van der Waals surface area contributed by atoms with Crippen LogP contribution in [0.1, 0.15) is 36.7 Å². The van der Waals surface area contributed by atoms with E-state index in [9.17, 15) is 9.59 Å². The third-order valence-corrected chi connectivity index (χ3v) is 4.78.